The Morgan fingerprint density at radius 3 is 3.05 bits per heavy atom. The van der Waals surface area contributed by atoms with Gasteiger partial charge < -0.3 is 24.5 Å². The van der Waals surface area contributed by atoms with Gasteiger partial charge in [0.25, 0.3) is 5.91 Å². The molecule has 4 atom stereocenters. The van der Waals surface area contributed by atoms with Crippen molar-refractivity contribution in [2.24, 2.45) is 9.98 Å². The number of aromatic nitrogens is 3. The molecule has 3 aliphatic heterocycles. The maximum absolute atomic E-state index is 13.2. The van der Waals surface area contributed by atoms with Gasteiger partial charge in [-0.2, -0.15) is 0 Å². The Bertz CT molecular complexity index is 1420. The number of fused-ring (bicyclic) bond motifs is 3. The van der Waals surface area contributed by atoms with E-state index in [1.807, 2.05) is 42.6 Å². The van der Waals surface area contributed by atoms with Gasteiger partial charge >= 0.3 is 0 Å². The molecule has 1 amide bonds. The summed E-state index contributed by atoms with van der Waals surface area (Å²) < 4.78 is 7.36. The van der Waals surface area contributed by atoms with Gasteiger partial charge in [-0.15, -0.1) is 0 Å². The highest BCUT2D eigenvalue weighted by molar-refractivity contribution is 6.03. The van der Waals surface area contributed by atoms with Crippen molar-refractivity contribution in [1.29, 1.82) is 0 Å². The van der Waals surface area contributed by atoms with Crippen molar-refractivity contribution in [2.45, 2.75) is 44.8 Å². The molecule has 37 heavy (non-hydrogen) atoms. The van der Waals surface area contributed by atoms with E-state index in [2.05, 4.69) is 48.8 Å². The molecular weight excluding hydrogens is 468 g/mol. The van der Waals surface area contributed by atoms with Gasteiger partial charge in [-0.1, -0.05) is 0 Å². The van der Waals surface area contributed by atoms with Gasteiger partial charge in [0, 0.05) is 74.9 Å². The summed E-state index contributed by atoms with van der Waals surface area (Å²) in [6, 6.07) is 8.66. The second-order valence-corrected chi connectivity index (χ2v) is 9.87. The molecule has 3 aromatic rings. The van der Waals surface area contributed by atoms with Crippen LogP contribution in [0.1, 0.15) is 29.7 Å². The van der Waals surface area contributed by atoms with Gasteiger partial charge in [-0.05, 0) is 42.8 Å². The van der Waals surface area contributed by atoms with E-state index in [1.165, 1.54) is 0 Å². The maximum atomic E-state index is 13.2. The van der Waals surface area contributed by atoms with Crippen molar-refractivity contribution < 1.29 is 9.53 Å². The molecule has 6 rings (SSSR count). The quantitative estimate of drug-likeness (QED) is 0.384. The van der Waals surface area contributed by atoms with Crippen molar-refractivity contribution in [2.75, 3.05) is 32.6 Å². The summed E-state index contributed by atoms with van der Waals surface area (Å²) in [5.74, 6) is 0.914. The first kappa shape index (κ1) is 23.6. The summed E-state index contributed by atoms with van der Waals surface area (Å²) in [4.78, 5) is 34.3. The SMILES string of the molecule is CN=C(C=C(C)COC)C1C2CC=NC(Nc3ccc4[nH]c(C(=O)N5CCn6ccnc6C5)cc4c3)N21. The average Bonchev–Trinajstić information content (AvgIpc) is 3.23. The molecule has 1 aromatic carbocycles. The molecule has 0 bridgehead atoms. The number of hydrogen-bond donors (Lipinski definition) is 2. The van der Waals surface area contributed by atoms with Gasteiger partial charge in [0.05, 0.1) is 24.9 Å². The van der Waals surface area contributed by atoms with Gasteiger partial charge in [-0.3, -0.25) is 14.8 Å². The lowest BCUT2D eigenvalue weighted by molar-refractivity contribution is 0.0702. The van der Waals surface area contributed by atoms with Crippen molar-refractivity contribution in [1.82, 2.24) is 24.3 Å². The Labute approximate surface area is 215 Å². The third-order valence-corrected chi connectivity index (χ3v) is 7.36. The van der Waals surface area contributed by atoms with Gasteiger partial charge in [0.1, 0.15) is 11.5 Å². The van der Waals surface area contributed by atoms with Crippen LogP contribution in [0.2, 0.25) is 0 Å². The van der Waals surface area contributed by atoms with Crippen molar-refractivity contribution in [3.63, 3.8) is 0 Å². The number of amides is 1. The van der Waals surface area contributed by atoms with Crippen LogP contribution in [0.4, 0.5) is 5.69 Å². The van der Waals surface area contributed by atoms with E-state index in [4.69, 9.17) is 9.73 Å². The van der Waals surface area contributed by atoms with Crippen LogP contribution in [0, 0.1) is 0 Å². The number of carbonyl (C=O) groups excluding carboxylic acids is 1. The zero-order chi connectivity index (χ0) is 25.5. The maximum Gasteiger partial charge on any atom is 0.270 e. The number of benzene rings is 1. The summed E-state index contributed by atoms with van der Waals surface area (Å²) in [6.45, 7) is 4.62. The summed E-state index contributed by atoms with van der Waals surface area (Å²) >= 11 is 0. The normalized spacial score (nSPS) is 25.2. The number of nitrogens with zero attached hydrogens (tertiary/aromatic N) is 6. The highest BCUT2D eigenvalue weighted by atomic mass is 16.5. The molecule has 2 aromatic heterocycles. The van der Waals surface area contributed by atoms with Gasteiger partial charge in [0.2, 0.25) is 0 Å². The number of ether oxygens (including phenoxy) is 1. The Balaban J connectivity index is 1.16. The van der Waals surface area contributed by atoms with Crippen LogP contribution >= 0.6 is 0 Å². The molecule has 0 spiro atoms. The lowest BCUT2D eigenvalue weighted by atomic mass is 10.1. The van der Waals surface area contributed by atoms with Gasteiger partial charge in [0.15, 0.2) is 6.29 Å². The van der Waals surface area contributed by atoms with Crippen LogP contribution in [-0.2, 0) is 17.8 Å². The van der Waals surface area contributed by atoms with Crippen LogP contribution in [0.3, 0.4) is 0 Å². The fraction of sp³-hybridized carbons (Fsp3) is 0.407. The minimum Gasteiger partial charge on any atom is -0.380 e. The Hall–Kier alpha value is -3.76. The summed E-state index contributed by atoms with van der Waals surface area (Å²) in [5, 5.41) is 4.55. The largest absolute Gasteiger partial charge is 0.380 e. The minimum absolute atomic E-state index is 0.00480. The van der Waals surface area contributed by atoms with E-state index in [1.54, 1.807) is 13.3 Å². The Morgan fingerprint density at radius 1 is 1.32 bits per heavy atom. The van der Waals surface area contributed by atoms with E-state index >= 15 is 0 Å². The zero-order valence-corrected chi connectivity index (χ0v) is 21.4. The molecule has 0 saturated carbocycles. The van der Waals surface area contributed by atoms with Crippen LogP contribution in [0.15, 0.2) is 58.3 Å². The number of hydrogen-bond acceptors (Lipinski definition) is 7. The Kier molecular flexibility index (Phi) is 6.13. The Morgan fingerprint density at radius 2 is 2.22 bits per heavy atom. The number of imidazole rings is 1. The van der Waals surface area contributed by atoms with E-state index in [-0.39, 0.29) is 18.2 Å². The summed E-state index contributed by atoms with van der Waals surface area (Å²) in [7, 11) is 3.55. The first-order chi connectivity index (χ1) is 18.1. The van der Waals surface area contributed by atoms with Crippen LogP contribution in [-0.4, -0.2) is 87.9 Å². The zero-order valence-electron chi connectivity index (χ0n) is 21.4. The number of H-pyrrole nitrogens is 1. The molecule has 3 aliphatic rings. The number of rotatable bonds is 7. The lowest BCUT2D eigenvalue weighted by Gasteiger charge is -2.27. The lowest BCUT2D eigenvalue weighted by Crippen LogP contribution is -2.38. The monoisotopic (exact) mass is 500 g/mol. The number of nitrogens with one attached hydrogen (secondary N) is 2. The minimum atomic E-state index is -0.161. The fourth-order valence-corrected chi connectivity index (χ4v) is 5.50. The smallest absolute Gasteiger partial charge is 0.270 e. The van der Waals surface area contributed by atoms with Crippen molar-refractivity contribution in [3.05, 3.63) is 59.8 Å². The molecule has 2 N–H and O–H groups in total. The van der Waals surface area contributed by atoms with E-state index in [0.29, 0.717) is 31.4 Å². The topological polar surface area (TPSA) is 103 Å². The number of methoxy groups -OCH3 is 1. The highest BCUT2D eigenvalue weighted by Gasteiger charge is 2.54. The molecule has 10 heteroatoms. The molecule has 10 nitrogen and oxygen atoms in total. The van der Waals surface area contributed by atoms with E-state index in [9.17, 15) is 4.79 Å². The second-order valence-electron chi connectivity index (χ2n) is 9.87. The summed E-state index contributed by atoms with van der Waals surface area (Å²) in [6.07, 6.45) is 8.64. The third-order valence-electron chi connectivity index (χ3n) is 7.36. The molecule has 5 heterocycles. The van der Waals surface area contributed by atoms with E-state index in [0.717, 1.165) is 46.7 Å². The van der Waals surface area contributed by atoms with Crippen molar-refractivity contribution in [3.8, 4) is 0 Å². The predicted molar refractivity (Wildman–Crippen MR) is 144 cm³/mol. The molecule has 1 fully saturated rings. The first-order valence-electron chi connectivity index (χ1n) is 12.7. The number of aromatic amines is 1. The first-order valence-corrected chi connectivity index (χ1v) is 12.7. The fourth-order valence-electron chi connectivity index (χ4n) is 5.50. The number of aliphatic imine (C=N–C) groups is 2. The van der Waals surface area contributed by atoms with E-state index < -0.39 is 0 Å². The summed E-state index contributed by atoms with van der Waals surface area (Å²) in [5.41, 5.74) is 4.69. The van der Waals surface area contributed by atoms with Crippen molar-refractivity contribution >= 4 is 34.4 Å². The highest BCUT2D eigenvalue weighted by Crippen LogP contribution is 2.38. The molecule has 4 unspecified atom stereocenters. The standard InChI is InChI=1S/C27H32N8O2/c1-17(16-37-3)12-21(28-2)25-23-6-7-30-27(35(23)25)31-19-4-5-20-18(13-19)14-22(32-20)26(36)34-11-10-33-9-8-29-24(33)15-34/h4-5,7-9,12-14,23,25,27,31-32H,6,10-11,15-16H2,1-3H3. The number of carbonyl (C=O) groups is 1. The third kappa shape index (κ3) is 4.47. The van der Waals surface area contributed by atoms with Gasteiger partial charge in [-0.25, -0.2) is 9.88 Å². The average molecular weight is 501 g/mol. The number of anilines is 1. The van der Waals surface area contributed by atoms with Crippen LogP contribution < -0.4 is 5.32 Å². The predicted octanol–water partition coefficient (Wildman–Crippen LogP) is 2.91. The second kappa shape index (κ2) is 9.60. The van der Waals surface area contributed by atoms with Crippen LogP contribution in [0.5, 0.6) is 0 Å². The molecule has 0 aliphatic carbocycles. The molecule has 1 saturated heterocycles. The molecular formula is C27H32N8O2. The van der Waals surface area contributed by atoms with Crippen LogP contribution in [0.25, 0.3) is 10.9 Å². The molecule has 192 valence electrons. The molecule has 0 radical (unpaired) electrons.